The SMILES string of the molecule is COc1ccc(CN(C(=O)OCc2ccccc2)[C@H]2C[C@H](O)[C@H](O)[C@@H]2NC(=O)OC(C)(C)C)cc1. The van der Waals surface area contributed by atoms with Crippen molar-refractivity contribution in [2.45, 2.75) is 70.2 Å². The minimum Gasteiger partial charge on any atom is -0.497 e. The number of aliphatic hydroxyl groups excluding tert-OH is 2. The van der Waals surface area contributed by atoms with E-state index in [0.717, 1.165) is 11.1 Å². The molecule has 4 atom stereocenters. The average molecular weight is 487 g/mol. The van der Waals surface area contributed by atoms with Gasteiger partial charge in [0.2, 0.25) is 0 Å². The smallest absolute Gasteiger partial charge is 0.410 e. The van der Waals surface area contributed by atoms with Gasteiger partial charge in [-0.1, -0.05) is 42.5 Å². The van der Waals surface area contributed by atoms with Crippen LogP contribution < -0.4 is 10.1 Å². The van der Waals surface area contributed by atoms with E-state index in [-0.39, 0.29) is 19.6 Å². The van der Waals surface area contributed by atoms with Gasteiger partial charge in [-0.15, -0.1) is 0 Å². The van der Waals surface area contributed by atoms with Crippen LogP contribution in [-0.2, 0) is 22.6 Å². The number of carbonyl (C=O) groups excluding carboxylic acids is 2. The molecule has 0 heterocycles. The van der Waals surface area contributed by atoms with E-state index in [2.05, 4.69) is 5.32 Å². The second kappa shape index (κ2) is 11.4. The summed E-state index contributed by atoms with van der Waals surface area (Å²) in [6.45, 7) is 5.36. The van der Waals surface area contributed by atoms with Gasteiger partial charge in [-0.3, -0.25) is 4.90 Å². The molecule has 0 aromatic heterocycles. The van der Waals surface area contributed by atoms with Gasteiger partial charge in [0.25, 0.3) is 0 Å². The Bertz CT molecular complexity index is 975. The maximum atomic E-state index is 13.3. The minimum atomic E-state index is -1.28. The van der Waals surface area contributed by atoms with Crippen molar-refractivity contribution in [1.29, 1.82) is 0 Å². The molecule has 1 aliphatic rings. The van der Waals surface area contributed by atoms with Crippen LogP contribution in [0, 0.1) is 0 Å². The number of alkyl carbamates (subject to hydrolysis) is 1. The molecule has 0 spiro atoms. The Labute approximate surface area is 205 Å². The topological polar surface area (TPSA) is 118 Å². The van der Waals surface area contributed by atoms with Crippen LogP contribution >= 0.6 is 0 Å². The fraction of sp³-hybridized carbons (Fsp3) is 0.462. The summed E-state index contributed by atoms with van der Waals surface area (Å²) >= 11 is 0. The lowest BCUT2D eigenvalue weighted by molar-refractivity contribution is 0.0164. The molecule has 3 N–H and O–H groups in total. The van der Waals surface area contributed by atoms with Crippen molar-refractivity contribution >= 4 is 12.2 Å². The molecule has 0 unspecified atom stereocenters. The molecule has 9 heteroatoms. The van der Waals surface area contributed by atoms with E-state index >= 15 is 0 Å². The fourth-order valence-corrected chi connectivity index (χ4v) is 3.99. The van der Waals surface area contributed by atoms with Crippen LogP contribution in [-0.4, -0.2) is 64.3 Å². The highest BCUT2D eigenvalue weighted by Gasteiger charge is 2.47. The van der Waals surface area contributed by atoms with Gasteiger partial charge in [-0.2, -0.15) is 0 Å². The Morgan fingerprint density at radius 3 is 2.29 bits per heavy atom. The highest BCUT2D eigenvalue weighted by molar-refractivity contribution is 5.70. The Morgan fingerprint density at radius 2 is 1.69 bits per heavy atom. The molecule has 9 nitrogen and oxygen atoms in total. The van der Waals surface area contributed by atoms with Crippen LogP contribution in [0.1, 0.15) is 38.3 Å². The molecule has 1 fully saturated rings. The van der Waals surface area contributed by atoms with Crippen LogP contribution in [0.15, 0.2) is 54.6 Å². The maximum absolute atomic E-state index is 13.3. The molecule has 35 heavy (non-hydrogen) atoms. The zero-order valence-electron chi connectivity index (χ0n) is 20.5. The van der Waals surface area contributed by atoms with Crippen molar-refractivity contribution in [1.82, 2.24) is 10.2 Å². The van der Waals surface area contributed by atoms with Gasteiger partial charge >= 0.3 is 12.2 Å². The number of amides is 2. The first-order chi connectivity index (χ1) is 16.6. The zero-order valence-corrected chi connectivity index (χ0v) is 20.5. The van der Waals surface area contributed by atoms with E-state index in [4.69, 9.17) is 14.2 Å². The fourth-order valence-electron chi connectivity index (χ4n) is 3.99. The highest BCUT2D eigenvalue weighted by atomic mass is 16.6. The van der Waals surface area contributed by atoms with Gasteiger partial charge in [0.1, 0.15) is 24.1 Å². The van der Waals surface area contributed by atoms with E-state index in [1.807, 2.05) is 42.5 Å². The summed E-state index contributed by atoms with van der Waals surface area (Å²) in [6, 6.07) is 14.7. The summed E-state index contributed by atoms with van der Waals surface area (Å²) in [5.74, 6) is 0.670. The number of hydrogen-bond acceptors (Lipinski definition) is 7. The van der Waals surface area contributed by atoms with Crippen molar-refractivity contribution in [3.8, 4) is 5.75 Å². The largest absolute Gasteiger partial charge is 0.497 e. The third kappa shape index (κ3) is 7.34. The van der Waals surface area contributed by atoms with Crippen LogP contribution in [0.25, 0.3) is 0 Å². The van der Waals surface area contributed by atoms with Gasteiger partial charge < -0.3 is 29.7 Å². The number of nitrogens with zero attached hydrogens (tertiary/aromatic N) is 1. The first kappa shape index (κ1) is 26.3. The number of benzene rings is 2. The first-order valence-electron chi connectivity index (χ1n) is 11.5. The monoisotopic (exact) mass is 486 g/mol. The highest BCUT2D eigenvalue weighted by Crippen LogP contribution is 2.29. The van der Waals surface area contributed by atoms with Crippen LogP contribution in [0.5, 0.6) is 5.75 Å². The van der Waals surface area contributed by atoms with E-state index < -0.39 is 42.1 Å². The van der Waals surface area contributed by atoms with Gasteiger partial charge in [0.05, 0.1) is 25.3 Å². The number of carbonyl (C=O) groups is 2. The van der Waals surface area contributed by atoms with Crippen LogP contribution in [0.2, 0.25) is 0 Å². The van der Waals surface area contributed by atoms with Crippen molar-refractivity contribution < 1.29 is 34.0 Å². The molecule has 3 rings (SSSR count). The number of methoxy groups -OCH3 is 1. The summed E-state index contributed by atoms with van der Waals surface area (Å²) < 4.78 is 16.1. The zero-order chi connectivity index (χ0) is 25.6. The Kier molecular flexibility index (Phi) is 8.58. The summed E-state index contributed by atoms with van der Waals surface area (Å²) in [6.07, 6.45) is -3.75. The molecule has 1 aliphatic carbocycles. The summed E-state index contributed by atoms with van der Waals surface area (Å²) in [7, 11) is 1.57. The number of rotatable bonds is 7. The molecule has 1 saturated carbocycles. The lowest BCUT2D eigenvalue weighted by Gasteiger charge is -2.33. The second-order valence-corrected chi connectivity index (χ2v) is 9.55. The predicted molar refractivity (Wildman–Crippen MR) is 129 cm³/mol. The number of ether oxygens (including phenoxy) is 3. The minimum absolute atomic E-state index is 0.0538. The second-order valence-electron chi connectivity index (χ2n) is 9.55. The standard InChI is InChI=1S/C26H34N2O7/c1-26(2,3)35-24(31)27-22-20(14-21(29)23(22)30)28(15-17-10-12-19(33-4)13-11-17)25(32)34-16-18-8-6-5-7-9-18/h5-13,20-23,29-30H,14-16H2,1-4H3,(H,27,31)/t20-,21-,22+,23-/m0/s1. The molecule has 0 bridgehead atoms. The lowest BCUT2D eigenvalue weighted by atomic mass is 10.1. The van der Waals surface area contributed by atoms with Gasteiger partial charge in [-0.25, -0.2) is 9.59 Å². The summed E-state index contributed by atoms with van der Waals surface area (Å²) in [5.41, 5.74) is 0.855. The predicted octanol–water partition coefficient (Wildman–Crippen LogP) is 3.22. The molecule has 2 amide bonds. The average Bonchev–Trinajstić information content (AvgIpc) is 3.09. The van der Waals surface area contributed by atoms with E-state index in [9.17, 15) is 19.8 Å². The Hall–Kier alpha value is -3.30. The molecule has 2 aromatic carbocycles. The van der Waals surface area contributed by atoms with Crippen LogP contribution in [0.3, 0.4) is 0 Å². The maximum Gasteiger partial charge on any atom is 0.410 e. The normalized spacial score (nSPS) is 21.8. The van der Waals surface area contributed by atoms with E-state index in [1.165, 1.54) is 4.90 Å². The quantitative estimate of drug-likeness (QED) is 0.550. The summed E-state index contributed by atoms with van der Waals surface area (Å²) in [4.78, 5) is 27.2. The van der Waals surface area contributed by atoms with Gasteiger partial charge in [-0.05, 0) is 50.5 Å². The molecular weight excluding hydrogens is 452 g/mol. The molecule has 0 saturated heterocycles. The molecular formula is C26H34N2O7. The molecule has 0 aliphatic heterocycles. The van der Waals surface area contributed by atoms with Gasteiger partial charge in [0.15, 0.2) is 0 Å². The van der Waals surface area contributed by atoms with Crippen molar-refractivity contribution in [3.05, 3.63) is 65.7 Å². The van der Waals surface area contributed by atoms with Crippen LogP contribution in [0.4, 0.5) is 9.59 Å². The van der Waals surface area contributed by atoms with Crippen molar-refractivity contribution in [2.75, 3.05) is 7.11 Å². The third-order valence-corrected chi connectivity index (χ3v) is 5.70. The van der Waals surface area contributed by atoms with Gasteiger partial charge in [0, 0.05) is 6.54 Å². The molecule has 2 aromatic rings. The lowest BCUT2D eigenvalue weighted by Crippen LogP contribution is -2.55. The van der Waals surface area contributed by atoms with E-state index in [0.29, 0.717) is 5.75 Å². The number of nitrogens with one attached hydrogen (secondary N) is 1. The van der Waals surface area contributed by atoms with E-state index in [1.54, 1.807) is 40.0 Å². The van der Waals surface area contributed by atoms with Crippen molar-refractivity contribution in [3.63, 3.8) is 0 Å². The number of hydrogen-bond donors (Lipinski definition) is 3. The Balaban J connectivity index is 1.83. The number of aliphatic hydroxyl groups is 2. The molecule has 190 valence electrons. The Morgan fingerprint density at radius 1 is 1.03 bits per heavy atom. The van der Waals surface area contributed by atoms with Crippen molar-refractivity contribution in [2.24, 2.45) is 0 Å². The third-order valence-electron chi connectivity index (χ3n) is 5.70. The summed E-state index contributed by atoms with van der Waals surface area (Å²) in [5, 5.41) is 23.7. The molecule has 0 radical (unpaired) electrons. The first-order valence-corrected chi connectivity index (χ1v) is 11.5.